The van der Waals surface area contributed by atoms with Crippen molar-refractivity contribution in [2.24, 2.45) is 0 Å². The molecule has 28 heavy (non-hydrogen) atoms. The normalized spacial score (nSPS) is 10.4. The van der Waals surface area contributed by atoms with Crippen molar-refractivity contribution in [2.45, 2.75) is 6.54 Å². The highest BCUT2D eigenvalue weighted by Crippen LogP contribution is 2.23. The zero-order valence-electron chi connectivity index (χ0n) is 15.1. The zero-order valence-corrected chi connectivity index (χ0v) is 15.1. The highest BCUT2D eigenvalue weighted by molar-refractivity contribution is 5.97. The van der Waals surface area contributed by atoms with Gasteiger partial charge in [-0.3, -0.25) is 9.59 Å². The Morgan fingerprint density at radius 3 is 2.57 bits per heavy atom. The lowest BCUT2D eigenvalue weighted by Gasteiger charge is -2.09. The maximum Gasteiger partial charge on any atom is 0.273 e. The summed E-state index contributed by atoms with van der Waals surface area (Å²) in [6, 6.07) is 13.3. The fraction of sp³-hybridized carbons (Fsp3) is 0.100. The average molecular weight is 379 g/mol. The quantitative estimate of drug-likeness (QED) is 0.629. The summed E-state index contributed by atoms with van der Waals surface area (Å²) < 4.78 is 14.4. The van der Waals surface area contributed by atoms with Gasteiger partial charge in [-0.05, 0) is 23.8 Å². The summed E-state index contributed by atoms with van der Waals surface area (Å²) in [5.41, 5.74) is 6.90. The molecule has 0 saturated carbocycles. The number of nitrogen functional groups attached to an aromatic ring is 1. The number of aromatic nitrogens is 2. The lowest BCUT2D eigenvalue weighted by molar-refractivity contribution is 0.0945. The molecule has 8 heteroatoms. The topological polar surface area (TPSA) is 110 Å². The molecule has 0 spiro atoms. The number of rotatable bonds is 5. The second-order valence-corrected chi connectivity index (χ2v) is 5.93. The Morgan fingerprint density at radius 1 is 1.11 bits per heavy atom. The second kappa shape index (κ2) is 8.26. The van der Waals surface area contributed by atoms with Gasteiger partial charge in [0.1, 0.15) is 5.82 Å². The molecule has 1 heterocycles. The van der Waals surface area contributed by atoms with Gasteiger partial charge < -0.3 is 16.4 Å². The predicted molar refractivity (Wildman–Crippen MR) is 103 cm³/mol. The molecule has 0 aliphatic carbocycles. The van der Waals surface area contributed by atoms with E-state index >= 15 is 0 Å². The van der Waals surface area contributed by atoms with E-state index in [-0.39, 0.29) is 34.2 Å². The summed E-state index contributed by atoms with van der Waals surface area (Å²) in [7, 11) is 1.43. The molecule has 7 nitrogen and oxygen atoms in total. The van der Waals surface area contributed by atoms with Crippen LogP contribution in [0.3, 0.4) is 0 Å². The Balaban J connectivity index is 1.87. The number of benzene rings is 2. The summed E-state index contributed by atoms with van der Waals surface area (Å²) in [5.74, 6) is -1.56. The number of nitrogens with one attached hydrogen (secondary N) is 2. The lowest BCUT2D eigenvalue weighted by Crippen LogP contribution is -2.23. The van der Waals surface area contributed by atoms with Crippen molar-refractivity contribution in [2.75, 3.05) is 12.8 Å². The predicted octanol–water partition coefficient (Wildman–Crippen LogP) is 2.15. The number of halogens is 1. The molecule has 0 radical (unpaired) electrons. The molecule has 0 saturated heterocycles. The van der Waals surface area contributed by atoms with Crippen LogP contribution in [0.15, 0.2) is 54.7 Å². The van der Waals surface area contributed by atoms with Crippen LogP contribution >= 0.6 is 0 Å². The number of carbonyl (C=O) groups is 2. The molecule has 0 bridgehead atoms. The molecule has 0 aliphatic rings. The number of carbonyl (C=O) groups excluding carboxylic acids is 2. The van der Waals surface area contributed by atoms with Crippen LogP contribution in [-0.4, -0.2) is 28.8 Å². The van der Waals surface area contributed by atoms with Gasteiger partial charge in [0.2, 0.25) is 0 Å². The lowest BCUT2D eigenvalue weighted by atomic mass is 10.1. The van der Waals surface area contributed by atoms with Gasteiger partial charge in [-0.2, -0.15) is 0 Å². The SMILES string of the molecule is CNC(=O)c1nc(-c2cc(C(=O)NCc3ccccc3)ccc2F)cnc1N. The molecule has 0 fully saturated rings. The molecular formula is C20H18FN5O2. The van der Waals surface area contributed by atoms with Crippen molar-refractivity contribution in [3.63, 3.8) is 0 Å². The second-order valence-electron chi connectivity index (χ2n) is 5.93. The van der Waals surface area contributed by atoms with Crippen LogP contribution < -0.4 is 16.4 Å². The number of anilines is 1. The molecule has 3 rings (SSSR count). The van der Waals surface area contributed by atoms with Crippen molar-refractivity contribution in [3.8, 4) is 11.3 Å². The van der Waals surface area contributed by atoms with Crippen LogP contribution in [0, 0.1) is 5.82 Å². The first kappa shape index (κ1) is 19.0. The van der Waals surface area contributed by atoms with Gasteiger partial charge in [0, 0.05) is 24.7 Å². The van der Waals surface area contributed by atoms with Crippen molar-refractivity contribution in [3.05, 3.63) is 77.4 Å². The molecule has 2 aromatic carbocycles. The van der Waals surface area contributed by atoms with E-state index in [0.717, 1.165) is 5.56 Å². The van der Waals surface area contributed by atoms with Gasteiger partial charge in [0.25, 0.3) is 11.8 Å². The minimum Gasteiger partial charge on any atom is -0.382 e. The molecule has 4 N–H and O–H groups in total. The Labute approximate surface area is 160 Å². The third-order valence-electron chi connectivity index (χ3n) is 4.04. The minimum atomic E-state index is -0.596. The average Bonchev–Trinajstić information content (AvgIpc) is 2.73. The van der Waals surface area contributed by atoms with E-state index in [1.165, 1.54) is 31.4 Å². The monoisotopic (exact) mass is 379 g/mol. The van der Waals surface area contributed by atoms with Crippen molar-refractivity contribution in [1.82, 2.24) is 20.6 Å². The van der Waals surface area contributed by atoms with Crippen LogP contribution in [0.2, 0.25) is 0 Å². The molecular weight excluding hydrogens is 361 g/mol. The molecule has 142 valence electrons. The number of amides is 2. The van der Waals surface area contributed by atoms with Crippen molar-refractivity contribution >= 4 is 17.6 Å². The largest absolute Gasteiger partial charge is 0.382 e. The van der Waals surface area contributed by atoms with Crippen molar-refractivity contribution in [1.29, 1.82) is 0 Å². The molecule has 0 aliphatic heterocycles. The first-order valence-electron chi connectivity index (χ1n) is 8.46. The summed E-state index contributed by atoms with van der Waals surface area (Å²) in [6.45, 7) is 0.342. The van der Waals surface area contributed by atoms with E-state index in [1.54, 1.807) is 0 Å². The highest BCUT2D eigenvalue weighted by Gasteiger charge is 2.17. The third-order valence-corrected chi connectivity index (χ3v) is 4.04. The first-order chi connectivity index (χ1) is 13.5. The molecule has 2 amide bonds. The van der Waals surface area contributed by atoms with Gasteiger partial charge in [0.05, 0.1) is 11.9 Å². The molecule has 0 atom stereocenters. The van der Waals surface area contributed by atoms with Gasteiger partial charge >= 0.3 is 0 Å². The van der Waals surface area contributed by atoms with Gasteiger partial charge in [-0.15, -0.1) is 0 Å². The summed E-state index contributed by atoms with van der Waals surface area (Å²) in [6.07, 6.45) is 1.26. The maximum absolute atomic E-state index is 14.4. The van der Waals surface area contributed by atoms with E-state index in [9.17, 15) is 14.0 Å². The standard InChI is InChI=1S/C20H18FN5O2/c1-23-20(28)17-18(22)24-11-16(26-17)14-9-13(7-8-15(14)21)19(27)25-10-12-5-3-2-4-6-12/h2-9,11H,10H2,1H3,(H2,22,24)(H,23,28)(H,25,27). The van der Waals surface area contributed by atoms with Gasteiger partial charge in [0.15, 0.2) is 11.5 Å². The van der Waals surface area contributed by atoms with Crippen LogP contribution in [0.1, 0.15) is 26.4 Å². The minimum absolute atomic E-state index is 0.0463. The zero-order chi connectivity index (χ0) is 20.1. The third kappa shape index (κ3) is 4.12. The number of nitrogens with zero attached hydrogens (tertiary/aromatic N) is 2. The van der Waals surface area contributed by atoms with Crippen LogP contribution in [0.25, 0.3) is 11.3 Å². The Morgan fingerprint density at radius 2 is 1.86 bits per heavy atom. The fourth-order valence-electron chi connectivity index (χ4n) is 2.56. The highest BCUT2D eigenvalue weighted by atomic mass is 19.1. The van der Waals surface area contributed by atoms with Gasteiger partial charge in [-0.25, -0.2) is 14.4 Å². The van der Waals surface area contributed by atoms with E-state index < -0.39 is 11.7 Å². The first-order valence-corrected chi connectivity index (χ1v) is 8.46. The van der Waals surface area contributed by atoms with E-state index in [0.29, 0.717) is 6.54 Å². The van der Waals surface area contributed by atoms with E-state index in [2.05, 4.69) is 20.6 Å². The van der Waals surface area contributed by atoms with Crippen molar-refractivity contribution < 1.29 is 14.0 Å². The summed E-state index contributed by atoms with van der Waals surface area (Å²) in [4.78, 5) is 32.3. The van der Waals surface area contributed by atoms with E-state index in [1.807, 2.05) is 30.3 Å². The molecule has 0 unspecified atom stereocenters. The maximum atomic E-state index is 14.4. The summed E-state index contributed by atoms with van der Waals surface area (Å²) in [5, 5.41) is 5.18. The number of nitrogens with two attached hydrogens (primary N) is 1. The van der Waals surface area contributed by atoms with E-state index in [4.69, 9.17) is 5.73 Å². The van der Waals surface area contributed by atoms with Crippen LogP contribution in [-0.2, 0) is 6.54 Å². The fourth-order valence-corrected chi connectivity index (χ4v) is 2.56. The van der Waals surface area contributed by atoms with Gasteiger partial charge in [-0.1, -0.05) is 30.3 Å². The molecule has 3 aromatic rings. The Kier molecular flexibility index (Phi) is 5.59. The van der Waals surface area contributed by atoms with Crippen LogP contribution in [0.4, 0.5) is 10.2 Å². The number of hydrogen-bond acceptors (Lipinski definition) is 5. The van der Waals surface area contributed by atoms with Crippen LogP contribution in [0.5, 0.6) is 0 Å². The number of hydrogen-bond donors (Lipinski definition) is 3. The summed E-state index contributed by atoms with van der Waals surface area (Å²) >= 11 is 0. The molecule has 1 aromatic heterocycles. The smallest absolute Gasteiger partial charge is 0.273 e. The Bertz CT molecular complexity index is 1020. The Hall–Kier alpha value is -3.81.